The van der Waals surface area contributed by atoms with E-state index in [-0.39, 0.29) is 5.91 Å². The Hall–Kier alpha value is 0.0569. The fourth-order valence-corrected chi connectivity index (χ4v) is 2.00. The minimum atomic E-state index is -0.457. The van der Waals surface area contributed by atoms with Crippen molar-refractivity contribution in [2.75, 3.05) is 33.9 Å². The first kappa shape index (κ1) is 14.1. The van der Waals surface area contributed by atoms with Crippen LogP contribution in [0, 0.1) is 5.92 Å². The first-order valence-electron chi connectivity index (χ1n) is 5.17. The maximum atomic E-state index is 5.10. The molecule has 0 aromatic rings. The fraction of sp³-hybridized carbons (Fsp3) is 1.00. The second kappa shape index (κ2) is 9.61. The van der Waals surface area contributed by atoms with Crippen molar-refractivity contribution in [1.82, 2.24) is 10.3 Å². The molecule has 5 heteroatoms. The summed E-state index contributed by atoms with van der Waals surface area (Å²) in [6, 6.07) is 0. The van der Waals surface area contributed by atoms with E-state index in [1.807, 2.05) is 0 Å². The van der Waals surface area contributed by atoms with Gasteiger partial charge in [-0.3, -0.25) is 0 Å². The number of ether oxygens (including phenoxy) is 2. The van der Waals surface area contributed by atoms with Gasteiger partial charge in [-0.25, -0.2) is 0 Å². The molecule has 0 radical (unpaired) electrons. The van der Waals surface area contributed by atoms with Crippen molar-refractivity contribution in [3.05, 3.63) is 0 Å². The fourth-order valence-electron chi connectivity index (χ4n) is 1.05. The molecule has 0 aliphatic heterocycles. The van der Waals surface area contributed by atoms with E-state index in [1.54, 1.807) is 14.2 Å². The maximum absolute atomic E-state index is 5.10. The molecule has 0 fully saturated rings. The lowest BCUT2D eigenvalue weighted by Crippen LogP contribution is -2.38. The van der Waals surface area contributed by atoms with Crippen LogP contribution in [0.15, 0.2) is 0 Å². The van der Waals surface area contributed by atoms with Gasteiger partial charge in [-0.15, -0.1) is 0 Å². The van der Waals surface area contributed by atoms with Gasteiger partial charge >= 0.3 is 0 Å². The lowest BCUT2D eigenvalue weighted by molar-refractivity contribution is -0.0449. The van der Waals surface area contributed by atoms with Gasteiger partial charge in [0.1, 0.15) is 5.91 Å². The molecule has 0 aliphatic carbocycles. The number of methoxy groups -OCH3 is 2. The van der Waals surface area contributed by atoms with Crippen LogP contribution in [0.2, 0.25) is 0 Å². The van der Waals surface area contributed by atoms with Crippen molar-refractivity contribution in [1.29, 1.82) is 0 Å². The molecule has 0 saturated heterocycles. The van der Waals surface area contributed by atoms with Crippen LogP contribution in [-0.2, 0) is 9.47 Å². The van der Waals surface area contributed by atoms with Crippen molar-refractivity contribution in [2.45, 2.75) is 19.8 Å². The molecular weight excluding hydrogens is 196 g/mol. The summed E-state index contributed by atoms with van der Waals surface area (Å²) in [6.07, 6.45) is 0. The van der Waals surface area contributed by atoms with Crippen molar-refractivity contribution in [2.24, 2.45) is 5.92 Å². The van der Waals surface area contributed by atoms with Gasteiger partial charge in [-0.05, 0) is 12.5 Å². The topological polar surface area (TPSA) is 42.5 Å². The molecule has 0 amide bonds. The van der Waals surface area contributed by atoms with Crippen LogP contribution >= 0.6 is 0 Å². The first-order chi connectivity index (χ1) is 6.70. The van der Waals surface area contributed by atoms with Gasteiger partial charge in [0.25, 0.3) is 0 Å². The van der Waals surface area contributed by atoms with E-state index >= 15 is 0 Å². The molecular formula is C9H24N2O2Si. The maximum Gasteiger partial charge on any atom is 0.159 e. The summed E-state index contributed by atoms with van der Waals surface area (Å²) in [6.45, 7) is 7.52. The largest absolute Gasteiger partial charge is 0.359 e. The highest BCUT2D eigenvalue weighted by molar-refractivity contribution is 6.33. The highest BCUT2D eigenvalue weighted by atomic mass is 28.2. The van der Waals surface area contributed by atoms with Gasteiger partial charge in [0.05, 0.1) is 0 Å². The first-order valence-corrected chi connectivity index (χ1v) is 6.70. The highest BCUT2D eigenvalue weighted by Crippen LogP contribution is 1.86. The number of nitrogens with one attached hydrogen (secondary N) is 2. The van der Waals surface area contributed by atoms with Gasteiger partial charge in [-0.1, -0.05) is 13.8 Å². The Bertz CT molecular complexity index is 121. The van der Waals surface area contributed by atoms with Crippen molar-refractivity contribution in [3.63, 3.8) is 0 Å². The Labute approximate surface area is 89.6 Å². The summed E-state index contributed by atoms with van der Waals surface area (Å²) in [7, 11) is 2.90. The predicted octanol–water partition coefficient (Wildman–Crippen LogP) is -0.518. The van der Waals surface area contributed by atoms with Crippen LogP contribution in [0.3, 0.4) is 0 Å². The van der Waals surface area contributed by atoms with Crippen molar-refractivity contribution >= 4 is 9.68 Å². The summed E-state index contributed by atoms with van der Waals surface area (Å²) in [5, 5.41) is 3.37. The predicted molar refractivity (Wildman–Crippen MR) is 62.1 cm³/mol. The molecule has 4 nitrogen and oxygen atoms in total. The lowest BCUT2D eigenvalue weighted by atomic mass is 10.2. The average Bonchev–Trinajstić information content (AvgIpc) is 2.16. The molecule has 86 valence electrons. The van der Waals surface area contributed by atoms with Crippen LogP contribution in [0.25, 0.3) is 0 Å². The van der Waals surface area contributed by atoms with Gasteiger partial charge in [-0.2, -0.15) is 0 Å². The molecule has 0 bridgehead atoms. The second-order valence-corrected chi connectivity index (χ2v) is 5.28. The molecule has 0 heterocycles. The molecule has 0 saturated carbocycles. The van der Waals surface area contributed by atoms with Crippen LogP contribution in [0.1, 0.15) is 13.8 Å². The van der Waals surface area contributed by atoms with Gasteiger partial charge in [0.2, 0.25) is 0 Å². The second-order valence-electron chi connectivity index (χ2n) is 3.70. The average molecular weight is 220 g/mol. The molecule has 2 N–H and O–H groups in total. The zero-order chi connectivity index (χ0) is 10.8. The summed E-state index contributed by atoms with van der Waals surface area (Å²) in [4.78, 5) is 3.39. The quantitative estimate of drug-likeness (QED) is 0.312. The number of hydrogen-bond acceptors (Lipinski definition) is 4. The normalized spacial score (nSPS) is 12.4. The molecule has 14 heavy (non-hydrogen) atoms. The van der Waals surface area contributed by atoms with Crippen molar-refractivity contribution < 1.29 is 9.47 Å². The Kier molecular flexibility index (Phi) is 9.64. The zero-order valence-corrected chi connectivity index (χ0v) is 11.2. The van der Waals surface area contributed by atoms with Gasteiger partial charge in [0.15, 0.2) is 9.68 Å². The van der Waals surface area contributed by atoms with Crippen molar-refractivity contribution in [3.8, 4) is 0 Å². The summed E-state index contributed by atoms with van der Waals surface area (Å²) in [5.74, 6) is 0.720. The van der Waals surface area contributed by atoms with E-state index in [0.29, 0.717) is 0 Å². The van der Waals surface area contributed by atoms with Gasteiger partial charge < -0.3 is 19.8 Å². The summed E-state index contributed by atoms with van der Waals surface area (Å²) >= 11 is 0. The third-order valence-electron chi connectivity index (χ3n) is 1.87. The molecule has 0 aromatic heterocycles. The Morgan fingerprint density at radius 3 is 2.29 bits per heavy atom. The molecule has 0 spiro atoms. The molecule has 0 rings (SSSR count). The summed E-state index contributed by atoms with van der Waals surface area (Å²) in [5.41, 5.74) is 0. The van der Waals surface area contributed by atoms with E-state index in [2.05, 4.69) is 24.1 Å². The summed E-state index contributed by atoms with van der Waals surface area (Å²) < 4.78 is 10.2. The smallest absolute Gasteiger partial charge is 0.159 e. The Balaban J connectivity index is 3.12. The third kappa shape index (κ3) is 8.65. The minimum Gasteiger partial charge on any atom is -0.359 e. The lowest BCUT2D eigenvalue weighted by Gasteiger charge is -2.13. The zero-order valence-electron chi connectivity index (χ0n) is 9.80. The van der Waals surface area contributed by atoms with Crippen LogP contribution in [0.4, 0.5) is 0 Å². The highest BCUT2D eigenvalue weighted by Gasteiger charge is 2.03. The molecule has 0 aromatic carbocycles. The van der Waals surface area contributed by atoms with Crippen LogP contribution in [-0.4, -0.2) is 49.4 Å². The minimum absolute atomic E-state index is 0.0000914. The standard InChI is InChI=1S/C9H24N2O2Si/c1-8(2)7-10-5-6-11-14-9(12-3)13-4/h8-11H,5-7,14H2,1-4H3. The van der Waals surface area contributed by atoms with E-state index in [9.17, 15) is 0 Å². The van der Waals surface area contributed by atoms with E-state index in [0.717, 1.165) is 25.6 Å². The van der Waals surface area contributed by atoms with Crippen LogP contribution < -0.4 is 10.3 Å². The Morgan fingerprint density at radius 1 is 1.14 bits per heavy atom. The molecule has 0 aliphatic rings. The molecule has 0 unspecified atom stereocenters. The van der Waals surface area contributed by atoms with E-state index in [1.165, 1.54) is 0 Å². The SMILES string of the molecule is COC(OC)[SiH2]NCCNCC(C)C. The number of hydrogen-bond donors (Lipinski definition) is 2. The van der Waals surface area contributed by atoms with Gasteiger partial charge in [0, 0.05) is 27.3 Å². The van der Waals surface area contributed by atoms with E-state index in [4.69, 9.17) is 9.47 Å². The Morgan fingerprint density at radius 2 is 1.79 bits per heavy atom. The van der Waals surface area contributed by atoms with E-state index < -0.39 is 9.68 Å². The van der Waals surface area contributed by atoms with Crippen LogP contribution in [0.5, 0.6) is 0 Å². The third-order valence-corrected chi connectivity index (χ3v) is 3.51. The number of rotatable bonds is 9. The molecule has 0 atom stereocenters. The monoisotopic (exact) mass is 220 g/mol.